The Labute approximate surface area is 120 Å². The second-order valence-corrected chi connectivity index (χ2v) is 4.73. The number of aliphatic imine (C=N–C) groups is 1. The molecule has 0 saturated carbocycles. The monoisotopic (exact) mass is 289 g/mol. The molecule has 4 nitrogen and oxygen atoms in total. The molecule has 6 heteroatoms. The van der Waals surface area contributed by atoms with Gasteiger partial charge in [-0.05, 0) is 37.3 Å². The van der Waals surface area contributed by atoms with Gasteiger partial charge >= 0.3 is 0 Å². The minimum Gasteiger partial charge on any atom is -0.481 e. The van der Waals surface area contributed by atoms with Gasteiger partial charge in [0.1, 0.15) is 28.9 Å². The molecule has 2 aromatic rings. The van der Waals surface area contributed by atoms with Gasteiger partial charge in [-0.15, -0.1) is 0 Å². The van der Waals surface area contributed by atoms with Crippen molar-refractivity contribution in [3.8, 4) is 5.75 Å². The average Bonchev–Trinajstić information content (AvgIpc) is 2.44. The molecule has 2 aromatic carbocycles. The summed E-state index contributed by atoms with van der Waals surface area (Å²) in [5.74, 6) is -0.131. The number of benzene rings is 2. The van der Waals surface area contributed by atoms with Gasteiger partial charge in [-0.25, -0.2) is 13.8 Å². The highest BCUT2D eigenvalue weighted by Crippen LogP contribution is 2.32. The molecule has 0 fully saturated rings. The maximum Gasteiger partial charge on any atom is 0.153 e. The number of anilines is 2. The third kappa shape index (κ3) is 2.65. The van der Waals surface area contributed by atoms with Crippen molar-refractivity contribution >= 4 is 22.9 Å². The molecule has 0 bridgehead atoms. The van der Waals surface area contributed by atoms with Gasteiger partial charge in [0.05, 0.1) is 5.69 Å². The zero-order valence-corrected chi connectivity index (χ0v) is 11.2. The van der Waals surface area contributed by atoms with Crippen LogP contribution in [0.2, 0.25) is 0 Å². The van der Waals surface area contributed by atoms with Gasteiger partial charge in [-0.3, -0.25) is 0 Å². The summed E-state index contributed by atoms with van der Waals surface area (Å²) < 4.78 is 32.5. The fourth-order valence-corrected chi connectivity index (χ4v) is 2.05. The largest absolute Gasteiger partial charge is 0.481 e. The molecule has 3 rings (SSSR count). The van der Waals surface area contributed by atoms with Gasteiger partial charge in [0.15, 0.2) is 6.10 Å². The number of hydrogen-bond acceptors (Lipinski definition) is 3. The van der Waals surface area contributed by atoms with Crippen LogP contribution in [0.15, 0.2) is 41.4 Å². The van der Waals surface area contributed by atoms with Gasteiger partial charge in [-0.2, -0.15) is 0 Å². The molecule has 108 valence electrons. The van der Waals surface area contributed by atoms with Crippen LogP contribution in [-0.4, -0.2) is 11.9 Å². The first-order chi connectivity index (χ1) is 10.0. The summed E-state index contributed by atoms with van der Waals surface area (Å²) in [7, 11) is 0. The lowest BCUT2D eigenvalue weighted by Gasteiger charge is -2.26. The molecular formula is C15H13F2N3O. The smallest absolute Gasteiger partial charge is 0.153 e. The highest BCUT2D eigenvalue weighted by atomic mass is 19.1. The zero-order chi connectivity index (χ0) is 15.0. The van der Waals surface area contributed by atoms with E-state index in [0.717, 1.165) is 18.2 Å². The molecule has 0 aromatic heterocycles. The van der Waals surface area contributed by atoms with E-state index in [4.69, 9.17) is 10.5 Å². The lowest BCUT2D eigenvalue weighted by molar-refractivity contribution is 0.283. The number of halogens is 2. The van der Waals surface area contributed by atoms with Crippen LogP contribution in [0, 0.1) is 11.6 Å². The molecule has 1 aliphatic heterocycles. The topological polar surface area (TPSA) is 59.6 Å². The fraction of sp³-hybridized carbons (Fsp3) is 0.133. The number of nitrogens with two attached hydrogens (primary N) is 1. The SMILES string of the molecule is CC1Oc2ccc(N)cc2NC1=Nc1cc(F)ccc1F. The zero-order valence-electron chi connectivity index (χ0n) is 11.2. The van der Waals surface area contributed by atoms with Crippen LogP contribution in [0.3, 0.4) is 0 Å². The molecule has 1 unspecified atom stereocenters. The number of rotatable bonds is 1. The predicted molar refractivity (Wildman–Crippen MR) is 78.0 cm³/mol. The summed E-state index contributed by atoms with van der Waals surface area (Å²) in [5, 5.41) is 3.04. The van der Waals surface area contributed by atoms with Crippen molar-refractivity contribution < 1.29 is 13.5 Å². The number of ether oxygens (including phenoxy) is 1. The van der Waals surface area contributed by atoms with Crippen molar-refractivity contribution in [3.05, 3.63) is 48.0 Å². The number of fused-ring (bicyclic) bond motifs is 1. The van der Waals surface area contributed by atoms with Crippen molar-refractivity contribution in [3.63, 3.8) is 0 Å². The lowest BCUT2D eigenvalue weighted by atomic mass is 10.2. The van der Waals surface area contributed by atoms with E-state index >= 15 is 0 Å². The van der Waals surface area contributed by atoms with Crippen LogP contribution in [0.25, 0.3) is 0 Å². The standard InChI is InChI=1S/C15H13F2N3O/c1-8-15(19-12-6-9(16)2-4-11(12)17)20-13-7-10(18)3-5-14(13)21-8/h2-8H,18H2,1H3,(H,19,20). The maximum absolute atomic E-state index is 13.6. The molecule has 0 amide bonds. The first-order valence-electron chi connectivity index (χ1n) is 6.40. The van der Waals surface area contributed by atoms with Crippen molar-refractivity contribution in [2.75, 3.05) is 11.1 Å². The Morgan fingerprint density at radius 1 is 1.19 bits per heavy atom. The third-order valence-corrected chi connectivity index (χ3v) is 3.10. The minimum atomic E-state index is -0.601. The average molecular weight is 289 g/mol. The summed E-state index contributed by atoms with van der Waals surface area (Å²) in [6.07, 6.45) is -0.413. The first kappa shape index (κ1) is 13.4. The molecule has 1 atom stereocenters. The summed E-state index contributed by atoms with van der Waals surface area (Å²) in [6.45, 7) is 1.77. The van der Waals surface area contributed by atoms with Crippen molar-refractivity contribution in [1.82, 2.24) is 0 Å². The molecular weight excluding hydrogens is 276 g/mol. The molecule has 1 aliphatic rings. The number of nitrogens with one attached hydrogen (secondary N) is 1. The molecule has 1 heterocycles. The molecule has 0 saturated heterocycles. The Bertz CT molecular complexity index is 731. The maximum atomic E-state index is 13.6. The summed E-state index contributed by atoms with van der Waals surface area (Å²) in [4.78, 5) is 4.11. The Morgan fingerprint density at radius 3 is 2.81 bits per heavy atom. The Kier molecular flexibility index (Phi) is 3.21. The van der Waals surface area contributed by atoms with E-state index in [2.05, 4.69) is 10.3 Å². The van der Waals surface area contributed by atoms with Crippen LogP contribution in [0.5, 0.6) is 5.75 Å². The first-order valence-corrected chi connectivity index (χ1v) is 6.40. The Balaban J connectivity index is 1.99. The van der Waals surface area contributed by atoms with Crippen LogP contribution in [0.4, 0.5) is 25.8 Å². The number of hydrogen-bond donors (Lipinski definition) is 2. The molecule has 0 radical (unpaired) electrons. The molecule has 0 spiro atoms. The lowest BCUT2D eigenvalue weighted by Crippen LogP contribution is -2.34. The van der Waals surface area contributed by atoms with E-state index in [-0.39, 0.29) is 5.69 Å². The normalized spacial score (nSPS) is 18.8. The number of nitrogens with zero attached hydrogens (tertiary/aromatic N) is 1. The van der Waals surface area contributed by atoms with Crippen molar-refractivity contribution in [2.45, 2.75) is 13.0 Å². The molecule has 21 heavy (non-hydrogen) atoms. The fourth-order valence-electron chi connectivity index (χ4n) is 2.05. The Morgan fingerprint density at radius 2 is 2.00 bits per heavy atom. The summed E-state index contributed by atoms with van der Waals surface area (Å²) in [5.41, 5.74) is 6.84. The van der Waals surface area contributed by atoms with Gasteiger partial charge in [0, 0.05) is 11.8 Å². The van der Waals surface area contributed by atoms with Crippen LogP contribution in [-0.2, 0) is 0 Å². The van der Waals surface area contributed by atoms with E-state index in [1.54, 1.807) is 25.1 Å². The van der Waals surface area contributed by atoms with Crippen LogP contribution < -0.4 is 15.8 Å². The second-order valence-electron chi connectivity index (χ2n) is 4.73. The Hall–Kier alpha value is -2.63. The van der Waals surface area contributed by atoms with E-state index in [1.807, 2.05) is 0 Å². The van der Waals surface area contributed by atoms with Gasteiger partial charge in [0.25, 0.3) is 0 Å². The third-order valence-electron chi connectivity index (χ3n) is 3.10. The highest BCUT2D eigenvalue weighted by Gasteiger charge is 2.22. The van der Waals surface area contributed by atoms with Gasteiger partial charge < -0.3 is 15.8 Å². The van der Waals surface area contributed by atoms with E-state index < -0.39 is 17.7 Å². The van der Waals surface area contributed by atoms with Crippen molar-refractivity contribution in [2.24, 2.45) is 4.99 Å². The van der Waals surface area contributed by atoms with Gasteiger partial charge in [-0.1, -0.05) is 0 Å². The predicted octanol–water partition coefficient (Wildman–Crippen LogP) is 3.47. The van der Waals surface area contributed by atoms with Crippen molar-refractivity contribution in [1.29, 1.82) is 0 Å². The quantitative estimate of drug-likeness (QED) is 0.790. The summed E-state index contributed by atoms with van der Waals surface area (Å²) in [6, 6.07) is 8.28. The number of nitrogen functional groups attached to an aromatic ring is 1. The summed E-state index contributed by atoms with van der Waals surface area (Å²) >= 11 is 0. The number of amidine groups is 1. The minimum absolute atomic E-state index is 0.0831. The van der Waals surface area contributed by atoms with Crippen LogP contribution in [0.1, 0.15) is 6.92 Å². The molecule has 0 aliphatic carbocycles. The second kappa shape index (κ2) is 5.05. The van der Waals surface area contributed by atoms with Crippen LogP contribution >= 0.6 is 0 Å². The highest BCUT2D eigenvalue weighted by molar-refractivity contribution is 6.03. The van der Waals surface area contributed by atoms with Gasteiger partial charge in [0.2, 0.25) is 0 Å². The van der Waals surface area contributed by atoms with E-state index in [0.29, 0.717) is 23.0 Å². The van der Waals surface area contributed by atoms with E-state index in [9.17, 15) is 8.78 Å². The molecule has 3 N–H and O–H groups in total. The van der Waals surface area contributed by atoms with E-state index in [1.165, 1.54) is 0 Å².